The molecule has 0 unspecified atom stereocenters. The monoisotopic (exact) mass is 258 g/mol. The van der Waals surface area contributed by atoms with Gasteiger partial charge in [0.15, 0.2) is 5.12 Å². The van der Waals surface area contributed by atoms with Crippen LogP contribution < -0.4 is 0 Å². The van der Waals surface area contributed by atoms with Crippen molar-refractivity contribution in [3.63, 3.8) is 0 Å². The van der Waals surface area contributed by atoms with Gasteiger partial charge < -0.3 is 0 Å². The second kappa shape index (κ2) is 5.45. The molecule has 70 valence electrons. The Balaban J connectivity index is 2.46. The second-order valence-corrected chi connectivity index (χ2v) is 4.59. The summed E-state index contributed by atoms with van der Waals surface area (Å²) in [6, 6.07) is 8.04. The van der Waals surface area contributed by atoms with Crippen LogP contribution in [0.25, 0.3) is 0 Å². The summed E-state index contributed by atoms with van der Waals surface area (Å²) in [6.07, 6.45) is 0.612. The minimum atomic E-state index is 0.253. The van der Waals surface area contributed by atoms with Gasteiger partial charge >= 0.3 is 0 Å². The van der Waals surface area contributed by atoms with Gasteiger partial charge in [0, 0.05) is 16.6 Å². The quantitative estimate of drug-likeness (QED) is 0.824. The van der Waals surface area contributed by atoms with Crippen LogP contribution in [-0.4, -0.2) is 5.12 Å². The first-order valence-corrected chi connectivity index (χ1v) is 5.90. The fraction of sp³-hybridized carbons (Fsp3) is 0.300. The maximum atomic E-state index is 11.0. The molecule has 0 fully saturated rings. The van der Waals surface area contributed by atoms with Crippen LogP contribution >= 0.6 is 27.7 Å². The Bertz CT molecular complexity index is 281. The average Bonchev–Trinajstić information content (AvgIpc) is 2.16. The second-order valence-electron chi connectivity index (χ2n) is 2.64. The number of hydrogen-bond donors (Lipinski definition) is 0. The number of rotatable bonds is 3. The summed E-state index contributed by atoms with van der Waals surface area (Å²) in [6.45, 7) is 1.89. The van der Waals surface area contributed by atoms with Gasteiger partial charge in [0.2, 0.25) is 0 Å². The molecule has 0 aromatic heterocycles. The van der Waals surface area contributed by atoms with Crippen molar-refractivity contribution in [1.82, 2.24) is 0 Å². The third kappa shape index (κ3) is 3.96. The van der Waals surface area contributed by atoms with Gasteiger partial charge in [0.25, 0.3) is 0 Å². The number of benzene rings is 1. The summed E-state index contributed by atoms with van der Waals surface area (Å²) in [4.78, 5) is 11.0. The van der Waals surface area contributed by atoms with E-state index in [1.165, 1.54) is 17.3 Å². The summed E-state index contributed by atoms with van der Waals surface area (Å²) in [5.74, 6) is 0.778. The molecule has 0 radical (unpaired) electrons. The molecule has 0 saturated carbocycles. The van der Waals surface area contributed by atoms with Crippen LogP contribution in [0.1, 0.15) is 18.9 Å². The van der Waals surface area contributed by atoms with Gasteiger partial charge in [-0.2, -0.15) is 0 Å². The van der Waals surface area contributed by atoms with E-state index in [0.717, 1.165) is 10.2 Å². The Morgan fingerprint density at radius 2 is 2.00 bits per heavy atom. The lowest BCUT2D eigenvalue weighted by Gasteiger charge is -1.99. The lowest BCUT2D eigenvalue weighted by molar-refractivity contribution is -0.110. The Morgan fingerprint density at radius 3 is 2.54 bits per heavy atom. The summed E-state index contributed by atoms with van der Waals surface area (Å²) in [5, 5.41) is 0.253. The van der Waals surface area contributed by atoms with E-state index in [9.17, 15) is 4.79 Å². The molecule has 0 aliphatic rings. The van der Waals surface area contributed by atoms with Crippen LogP contribution in [-0.2, 0) is 10.5 Å². The third-order valence-corrected chi connectivity index (χ3v) is 3.22. The van der Waals surface area contributed by atoms with Gasteiger partial charge in [-0.1, -0.05) is 46.7 Å². The molecule has 1 aromatic carbocycles. The molecule has 1 aromatic rings. The zero-order valence-electron chi connectivity index (χ0n) is 7.42. The predicted molar refractivity (Wildman–Crippen MR) is 60.7 cm³/mol. The largest absolute Gasteiger partial charge is 0.287 e. The average molecular weight is 259 g/mol. The van der Waals surface area contributed by atoms with Crippen molar-refractivity contribution < 1.29 is 4.79 Å². The molecule has 0 aliphatic heterocycles. The van der Waals surface area contributed by atoms with Crippen LogP contribution in [0.3, 0.4) is 0 Å². The summed E-state index contributed by atoms with van der Waals surface area (Å²) >= 11 is 4.75. The summed E-state index contributed by atoms with van der Waals surface area (Å²) < 4.78 is 1.07. The van der Waals surface area contributed by atoms with Crippen LogP contribution in [0.15, 0.2) is 28.7 Å². The van der Waals surface area contributed by atoms with Crippen LogP contribution in [0, 0.1) is 0 Å². The lowest BCUT2D eigenvalue weighted by atomic mass is 10.2. The van der Waals surface area contributed by atoms with Crippen molar-refractivity contribution in [3.8, 4) is 0 Å². The van der Waals surface area contributed by atoms with Gasteiger partial charge in [-0.25, -0.2) is 0 Å². The van der Waals surface area contributed by atoms with Crippen molar-refractivity contribution in [3.05, 3.63) is 34.3 Å². The smallest absolute Gasteiger partial charge is 0.188 e. The highest BCUT2D eigenvalue weighted by Crippen LogP contribution is 2.16. The van der Waals surface area contributed by atoms with E-state index in [0.29, 0.717) is 6.42 Å². The Kier molecular flexibility index (Phi) is 4.53. The molecule has 0 heterocycles. The third-order valence-electron chi connectivity index (χ3n) is 1.60. The molecule has 0 bridgehead atoms. The fourth-order valence-electron chi connectivity index (χ4n) is 0.847. The van der Waals surface area contributed by atoms with Gasteiger partial charge in [-0.05, 0) is 17.7 Å². The zero-order chi connectivity index (χ0) is 9.68. The number of thioether (sulfide) groups is 1. The maximum absolute atomic E-state index is 11.0. The molecule has 0 spiro atoms. The SMILES string of the molecule is CCC(=O)SCc1ccc(Br)cc1. The molecule has 0 N–H and O–H groups in total. The fourth-order valence-corrected chi connectivity index (χ4v) is 1.84. The summed E-state index contributed by atoms with van der Waals surface area (Å²) in [5.41, 5.74) is 1.19. The van der Waals surface area contributed by atoms with Crippen molar-refractivity contribution in [2.75, 3.05) is 0 Å². The molecule has 0 aliphatic carbocycles. The molecule has 0 amide bonds. The van der Waals surface area contributed by atoms with Crippen LogP contribution in [0.4, 0.5) is 0 Å². The minimum absolute atomic E-state index is 0.253. The molecule has 1 rings (SSSR count). The van der Waals surface area contributed by atoms with E-state index in [4.69, 9.17) is 0 Å². The van der Waals surface area contributed by atoms with Crippen molar-refractivity contribution in [1.29, 1.82) is 0 Å². The van der Waals surface area contributed by atoms with Crippen molar-refractivity contribution in [2.24, 2.45) is 0 Å². The van der Waals surface area contributed by atoms with Gasteiger partial charge in [0.1, 0.15) is 0 Å². The molecular weight excluding hydrogens is 248 g/mol. The van der Waals surface area contributed by atoms with Crippen molar-refractivity contribution >= 4 is 32.8 Å². The molecule has 0 atom stereocenters. The Morgan fingerprint density at radius 1 is 1.38 bits per heavy atom. The van der Waals surface area contributed by atoms with Gasteiger partial charge in [0.05, 0.1) is 0 Å². The van der Waals surface area contributed by atoms with E-state index < -0.39 is 0 Å². The van der Waals surface area contributed by atoms with Crippen LogP contribution in [0.2, 0.25) is 0 Å². The van der Waals surface area contributed by atoms with E-state index in [-0.39, 0.29) is 5.12 Å². The molecular formula is C10H11BrOS. The first-order valence-electron chi connectivity index (χ1n) is 4.12. The zero-order valence-corrected chi connectivity index (χ0v) is 9.82. The van der Waals surface area contributed by atoms with E-state index in [2.05, 4.69) is 15.9 Å². The maximum Gasteiger partial charge on any atom is 0.188 e. The number of hydrogen-bond acceptors (Lipinski definition) is 2. The van der Waals surface area contributed by atoms with Gasteiger partial charge in [-0.15, -0.1) is 0 Å². The predicted octanol–water partition coefficient (Wildman–Crippen LogP) is 3.62. The first-order chi connectivity index (χ1) is 6.22. The van der Waals surface area contributed by atoms with E-state index in [1.54, 1.807) is 0 Å². The number of carbonyl (C=O) groups excluding carboxylic acids is 1. The lowest BCUT2D eigenvalue weighted by Crippen LogP contribution is -1.89. The van der Waals surface area contributed by atoms with E-state index >= 15 is 0 Å². The number of carbonyl (C=O) groups is 1. The van der Waals surface area contributed by atoms with Crippen molar-refractivity contribution in [2.45, 2.75) is 19.1 Å². The minimum Gasteiger partial charge on any atom is -0.287 e. The molecule has 1 nitrogen and oxygen atoms in total. The number of halogens is 1. The highest BCUT2D eigenvalue weighted by molar-refractivity contribution is 9.10. The Labute approximate surface area is 91.0 Å². The Hall–Kier alpha value is -0.280. The first kappa shape index (κ1) is 10.8. The molecule has 3 heteroatoms. The topological polar surface area (TPSA) is 17.1 Å². The standard InChI is InChI=1S/C10H11BrOS/c1-2-10(12)13-7-8-3-5-9(11)6-4-8/h3-6H,2,7H2,1H3. The highest BCUT2D eigenvalue weighted by Gasteiger charge is 1.99. The van der Waals surface area contributed by atoms with Crippen LogP contribution in [0.5, 0.6) is 0 Å². The normalized spacial score (nSPS) is 10.0. The molecule has 13 heavy (non-hydrogen) atoms. The highest BCUT2D eigenvalue weighted by atomic mass is 79.9. The van der Waals surface area contributed by atoms with E-state index in [1.807, 2.05) is 31.2 Å². The van der Waals surface area contributed by atoms with Gasteiger partial charge in [-0.3, -0.25) is 4.79 Å². The molecule has 0 saturated heterocycles. The summed E-state index contributed by atoms with van der Waals surface area (Å²) in [7, 11) is 0.